The normalized spacial score (nSPS) is 13.2. The summed E-state index contributed by atoms with van der Waals surface area (Å²) in [5.41, 5.74) is 4.79. The summed E-state index contributed by atoms with van der Waals surface area (Å²) in [5.74, 6) is 0. The number of halogens is 6. The molecule has 0 radical (unpaired) electrons. The minimum Gasteiger partial charge on any atom is -0.316 e. The van der Waals surface area contributed by atoms with E-state index < -0.39 is 12.2 Å². The number of rotatable bonds is 1. The molecule has 15 heavy (non-hydrogen) atoms. The Bertz CT molecular complexity index is 340. The van der Waals surface area contributed by atoms with Gasteiger partial charge >= 0.3 is 6.18 Å². The van der Waals surface area contributed by atoms with E-state index in [9.17, 15) is 13.2 Å². The summed E-state index contributed by atoms with van der Waals surface area (Å²) in [5, 5.41) is 0.190. The maximum absolute atomic E-state index is 12.2. The van der Waals surface area contributed by atoms with Gasteiger partial charge in [0.1, 0.15) is 6.04 Å². The number of benzene rings is 1. The molecule has 2 N–H and O–H groups in total. The van der Waals surface area contributed by atoms with Crippen molar-refractivity contribution in [2.24, 2.45) is 5.73 Å². The second-order valence-corrected chi connectivity index (χ2v) is 3.53. The summed E-state index contributed by atoms with van der Waals surface area (Å²) in [6.07, 6.45) is -4.50. The second kappa shape index (κ2) is 5.25. The molecule has 0 fully saturated rings. The Hall–Kier alpha value is -0.160. The third kappa shape index (κ3) is 3.72. The fourth-order valence-electron chi connectivity index (χ4n) is 0.930. The molecule has 1 nitrogen and oxygen atoms in total. The van der Waals surface area contributed by atoms with Crippen LogP contribution in [-0.2, 0) is 0 Å². The highest BCUT2D eigenvalue weighted by molar-refractivity contribution is 6.35. The van der Waals surface area contributed by atoms with Crippen molar-refractivity contribution in [3.05, 3.63) is 33.8 Å². The van der Waals surface area contributed by atoms with E-state index in [1.807, 2.05) is 0 Å². The molecule has 86 valence electrons. The maximum atomic E-state index is 12.2. The summed E-state index contributed by atoms with van der Waals surface area (Å²) in [4.78, 5) is 0. The molecule has 0 aromatic heterocycles. The van der Waals surface area contributed by atoms with Crippen LogP contribution in [0.25, 0.3) is 0 Å². The average molecular weight is 281 g/mol. The molecule has 0 spiro atoms. The highest BCUT2D eigenvalue weighted by Crippen LogP contribution is 2.34. The van der Waals surface area contributed by atoms with Crippen molar-refractivity contribution >= 4 is 35.6 Å². The van der Waals surface area contributed by atoms with Gasteiger partial charge in [-0.3, -0.25) is 0 Å². The lowest BCUT2D eigenvalue weighted by Crippen LogP contribution is -2.28. The van der Waals surface area contributed by atoms with E-state index in [4.69, 9.17) is 28.9 Å². The Kier molecular flexibility index (Phi) is 5.20. The maximum Gasteiger partial charge on any atom is 0.407 e. The first-order valence-electron chi connectivity index (χ1n) is 3.59. The van der Waals surface area contributed by atoms with Gasteiger partial charge in [-0.05, 0) is 17.7 Å². The molecule has 0 aliphatic carbocycles. The zero-order chi connectivity index (χ0) is 10.9. The van der Waals surface area contributed by atoms with Gasteiger partial charge < -0.3 is 5.73 Å². The Labute approximate surface area is 101 Å². The molecule has 1 aromatic carbocycles. The van der Waals surface area contributed by atoms with Crippen LogP contribution in [0.1, 0.15) is 11.6 Å². The van der Waals surface area contributed by atoms with Gasteiger partial charge in [0.15, 0.2) is 0 Å². The first-order chi connectivity index (χ1) is 6.32. The highest BCUT2D eigenvalue weighted by atomic mass is 35.5. The summed E-state index contributed by atoms with van der Waals surface area (Å²) >= 11 is 11.1. The molecule has 0 unspecified atom stereocenters. The van der Waals surface area contributed by atoms with Crippen molar-refractivity contribution in [1.29, 1.82) is 0 Å². The Balaban J connectivity index is 0.00000196. The van der Waals surface area contributed by atoms with Gasteiger partial charge in [0.25, 0.3) is 0 Å². The zero-order valence-corrected chi connectivity index (χ0v) is 9.51. The summed E-state index contributed by atoms with van der Waals surface area (Å²) in [7, 11) is 0. The van der Waals surface area contributed by atoms with Gasteiger partial charge in [0.05, 0.1) is 0 Å². The predicted octanol–water partition coefficient (Wildman–Crippen LogP) is 3.98. The average Bonchev–Trinajstić information content (AvgIpc) is 2.01. The van der Waals surface area contributed by atoms with Crippen LogP contribution in [0.4, 0.5) is 13.2 Å². The first kappa shape index (κ1) is 14.8. The Morgan fingerprint density at radius 2 is 1.73 bits per heavy atom. The van der Waals surface area contributed by atoms with Crippen molar-refractivity contribution < 1.29 is 13.2 Å². The first-order valence-corrected chi connectivity index (χ1v) is 4.35. The topological polar surface area (TPSA) is 26.0 Å². The van der Waals surface area contributed by atoms with Gasteiger partial charge in [0, 0.05) is 10.0 Å². The Morgan fingerprint density at radius 1 is 1.20 bits per heavy atom. The SMILES string of the molecule is Cl.N[C@@H](c1ccc(Cl)cc1Cl)C(F)(F)F. The van der Waals surface area contributed by atoms with Crippen molar-refractivity contribution in [2.75, 3.05) is 0 Å². The zero-order valence-electron chi connectivity index (χ0n) is 7.18. The molecule has 0 aliphatic rings. The van der Waals surface area contributed by atoms with Crippen LogP contribution < -0.4 is 5.73 Å². The second-order valence-electron chi connectivity index (χ2n) is 2.69. The molecule has 0 amide bonds. The van der Waals surface area contributed by atoms with E-state index in [0.717, 1.165) is 0 Å². The van der Waals surface area contributed by atoms with Crippen molar-refractivity contribution in [1.82, 2.24) is 0 Å². The van der Waals surface area contributed by atoms with Crippen molar-refractivity contribution in [3.8, 4) is 0 Å². The lowest BCUT2D eigenvalue weighted by atomic mass is 10.1. The van der Waals surface area contributed by atoms with Crippen molar-refractivity contribution in [3.63, 3.8) is 0 Å². The molecule has 0 aliphatic heterocycles. The summed E-state index contributed by atoms with van der Waals surface area (Å²) < 4.78 is 36.6. The number of hydrogen-bond donors (Lipinski definition) is 1. The fraction of sp³-hybridized carbons (Fsp3) is 0.250. The third-order valence-electron chi connectivity index (χ3n) is 1.65. The molecule has 7 heteroatoms. The van der Waals surface area contributed by atoms with Gasteiger partial charge in [-0.1, -0.05) is 29.3 Å². The standard InChI is InChI=1S/C8H6Cl2F3N.ClH/c9-4-1-2-5(6(10)3-4)7(14)8(11,12)13;/h1-3,7H,14H2;1H/t7-;/m0./s1. The van der Waals surface area contributed by atoms with Crippen molar-refractivity contribution in [2.45, 2.75) is 12.2 Å². The van der Waals surface area contributed by atoms with Gasteiger partial charge in [-0.2, -0.15) is 13.2 Å². The van der Waals surface area contributed by atoms with Crippen LogP contribution in [0.3, 0.4) is 0 Å². The van der Waals surface area contributed by atoms with E-state index in [1.165, 1.54) is 18.2 Å². The lowest BCUT2D eigenvalue weighted by Gasteiger charge is -2.16. The van der Waals surface area contributed by atoms with Crippen LogP contribution in [0.2, 0.25) is 10.0 Å². The largest absolute Gasteiger partial charge is 0.407 e. The van der Waals surface area contributed by atoms with E-state index in [2.05, 4.69) is 0 Å². The number of alkyl halides is 3. The Morgan fingerprint density at radius 3 is 2.13 bits per heavy atom. The van der Waals surface area contributed by atoms with E-state index in [0.29, 0.717) is 0 Å². The quantitative estimate of drug-likeness (QED) is 0.827. The lowest BCUT2D eigenvalue weighted by molar-refractivity contribution is -0.149. The van der Waals surface area contributed by atoms with E-state index in [1.54, 1.807) is 0 Å². The molecule has 0 saturated carbocycles. The summed E-state index contributed by atoms with van der Waals surface area (Å²) in [6, 6.07) is 1.63. The number of nitrogens with two attached hydrogens (primary N) is 1. The molecule has 0 saturated heterocycles. The van der Waals surface area contributed by atoms with E-state index >= 15 is 0 Å². The van der Waals surface area contributed by atoms with Crippen LogP contribution in [0.5, 0.6) is 0 Å². The summed E-state index contributed by atoms with van der Waals surface area (Å²) in [6.45, 7) is 0. The van der Waals surface area contributed by atoms with E-state index in [-0.39, 0.29) is 28.0 Å². The van der Waals surface area contributed by atoms with Gasteiger partial charge in [-0.15, -0.1) is 12.4 Å². The van der Waals surface area contributed by atoms with Gasteiger partial charge in [0.2, 0.25) is 0 Å². The molecule has 1 atom stereocenters. The molecule has 0 heterocycles. The molecule has 1 aromatic rings. The smallest absolute Gasteiger partial charge is 0.316 e. The highest BCUT2D eigenvalue weighted by Gasteiger charge is 2.38. The van der Waals surface area contributed by atoms with Crippen LogP contribution >= 0.6 is 35.6 Å². The van der Waals surface area contributed by atoms with Gasteiger partial charge in [-0.25, -0.2) is 0 Å². The van der Waals surface area contributed by atoms with Crippen LogP contribution in [-0.4, -0.2) is 6.18 Å². The monoisotopic (exact) mass is 279 g/mol. The molecule has 0 bridgehead atoms. The number of hydrogen-bond acceptors (Lipinski definition) is 1. The minimum atomic E-state index is -4.50. The predicted molar refractivity (Wildman–Crippen MR) is 56.7 cm³/mol. The third-order valence-corrected chi connectivity index (χ3v) is 2.21. The molecular formula is C8H7Cl3F3N. The molecular weight excluding hydrogens is 273 g/mol. The van der Waals surface area contributed by atoms with Crippen LogP contribution in [0.15, 0.2) is 18.2 Å². The fourth-order valence-corrected chi connectivity index (χ4v) is 1.46. The van der Waals surface area contributed by atoms with Crippen LogP contribution in [0, 0.1) is 0 Å². The molecule has 1 rings (SSSR count). The minimum absolute atomic E-state index is 0.